The van der Waals surface area contributed by atoms with Crippen molar-refractivity contribution >= 4 is 29.3 Å². The fourth-order valence-electron chi connectivity index (χ4n) is 2.69. The van der Waals surface area contributed by atoms with Crippen LogP contribution in [0, 0.1) is 24.1 Å². The minimum absolute atomic E-state index is 0.0436. The molecule has 3 aromatic carbocycles. The molecule has 0 aliphatic heterocycles. The molecule has 0 heterocycles. The normalized spacial score (nSPS) is 10.7. The lowest BCUT2D eigenvalue weighted by molar-refractivity contribution is -0.118. The van der Waals surface area contributed by atoms with Crippen LogP contribution in [0.3, 0.4) is 0 Å². The van der Waals surface area contributed by atoms with Crippen LogP contribution in [0.25, 0.3) is 6.08 Å². The molecule has 160 valence electrons. The molecule has 0 radical (unpaired) electrons. The minimum Gasteiger partial charge on any atom is -0.484 e. The number of ether oxygens (including phenoxy) is 1. The van der Waals surface area contributed by atoms with Crippen LogP contribution in [-0.2, 0) is 9.59 Å². The number of rotatable bonds is 7. The second-order valence-electron chi connectivity index (χ2n) is 6.90. The largest absolute Gasteiger partial charge is 0.484 e. The predicted octanol–water partition coefficient (Wildman–Crippen LogP) is 4.70. The summed E-state index contributed by atoms with van der Waals surface area (Å²) in [6, 6.07) is 21.2. The van der Waals surface area contributed by atoms with Gasteiger partial charge in [0.1, 0.15) is 23.2 Å². The first kappa shape index (κ1) is 22.2. The number of aryl methyl sites for hydroxylation is 1. The van der Waals surface area contributed by atoms with Crippen molar-refractivity contribution in [3.8, 4) is 11.8 Å². The molecular formula is C25H20FN3O3. The summed E-state index contributed by atoms with van der Waals surface area (Å²) in [4.78, 5) is 24.3. The Balaban J connectivity index is 1.56. The molecule has 0 unspecified atom stereocenters. The molecule has 0 fully saturated rings. The maximum Gasteiger partial charge on any atom is 0.266 e. The van der Waals surface area contributed by atoms with E-state index in [1.54, 1.807) is 36.4 Å². The van der Waals surface area contributed by atoms with Crippen LogP contribution in [0.5, 0.6) is 5.75 Å². The van der Waals surface area contributed by atoms with Crippen molar-refractivity contribution in [2.24, 2.45) is 0 Å². The lowest BCUT2D eigenvalue weighted by atomic mass is 10.1. The predicted molar refractivity (Wildman–Crippen MR) is 120 cm³/mol. The van der Waals surface area contributed by atoms with Crippen LogP contribution in [0.4, 0.5) is 15.8 Å². The van der Waals surface area contributed by atoms with Crippen LogP contribution in [0.15, 0.2) is 78.4 Å². The summed E-state index contributed by atoms with van der Waals surface area (Å²) in [6.07, 6.45) is 1.47. The summed E-state index contributed by atoms with van der Waals surface area (Å²) in [5.41, 5.74) is 2.72. The molecule has 0 bridgehead atoms. The van der Waals surface area contributed by atoms with Gasteiger partial charge in [-0.3, -0.25) is 9.59 Å². The van der Waals surface area contributed by atoms with E-state index < -0.39 is 5.91 Å². The highest BCUT2D eigenvalue weighted by atomic mass is 19.1. The number of anilines is 2. The standard InChI is InChI=1S/C25H20FN3O3/c1-17-2-8-22(9-3-17)29-25(31)19(15-27)14-18-4-12-23(13-5-18)32-16-24(30)28-21-10-6-20(26)7-11-21/h2-14H,16H2,1H3,(H,28,30)(H,29,31)/b19-14+. The Labute approximate surface area is 185 Å². The number of carbonyl (C=O) groups excluding carboxylic acids is 2. The Kier molecular flexibility index (Phi) is 7.33. The number of halogens is 1. The van der Waals surface area contributed by atoms with E-state index in [9.17, 15) is 19.2 Å². The topological polar surface area (TPSA) is 91.2 Å². The van der Waals surface area contributed by atoms with Gasteiger partial charge in [-0.2, -0.15) is 5.26 Å². The van der Waals surface area contributed by atoms with Crippen LogP contribution in [0.1, 0.15) is 11.1 Å². The van der Waals surface area contributed by atoms with Gasteiger partial charge in [0.2, 0.25) is 0 Å². The number of nitrogens with one attached hydrogen (secondary N) is 2. The van der Waals surface area contributed by atoms with E-state index in [-0.39, 0.29) is 23.9 Å². The maximum atomic E-state index is 12.9. The van der Waals surface area contributed by atoms with Crippen molar-refractivity contribution < 1.29 is 18.7 Å². The zero-order valence-electron chi connectivity index (χ0n) is 17.3. The van der Waals surface area contributed by atoms with Crippen LogP contribution in [-0.4, -0.2) is 18.4 Å². The lowest BCUT2D eigenvalue weighted by Gasteiger charge is -2.08. The van der Waals surface area contributed by atoms with E-state index in [4.69, 9.17) is 4.74 Å². The molecule has 2 amide bonds. The highest BCUT2D eigenvalue weighted by molar-refractivity contribution is 6.09. The second kappa shape index (κ2) is 10.5. The molecule has 32 heavy (non-hydrogen) atoms. The smallest absolute Gasteiger partial charge is 0.266 e. The van der Waals surface area contributed by atoms with Gasteiger partial charge in [0, 0.05) is 11.4 Å². The number of amides is 2. The minimum atomic E-state index is -0.505. The van der Waals surface area contributed by atoms with Crippen molar-refractivity contribution in [1.82, 2.24) is 0 Å². The average molecular weight is 429 g/mol. The maximum absolute atomic E-state index is 12.9. The van der Waals surface area contributed by atoms with Crippen LogP contribution in [0.2, 0.25) is 0 Å². The molecule has 0 atom stereocenters. The molecule has 0 aliphatic rings. The molecule has 0 spiro atoms. The Hall–Kier alpha value is -4.44. The molecule has 6 nitrogen and oxygen atoms in total. The number of hydrogen-bond acceptors (Lipinski definition) is 4. The zero-order chi connectivity index (χ0) is 22.9. The third-order valence-electron chi connectivity index (χ3n) is 4.36. The summed E-state index contributed by atoms with van der Waals surface area (Å²) in [5, 5.41) is 14.6. The van der Waals surface area contributed by atoms with Gasteiger partial charge in [-0.05, 0) is 67.1 Å². The molecule has 7 heteroatoms. The lowest BCUT2D eigenvalue weighted by Crippen LogP contribution is -2.20. The van der Waals surface area contributed by atoms with E-state index in [1.165, 1.54) is 30.3 Å². The molecule has 0 saturated carbocycles. The third kappa shape index (κ3) is 6.54. The molecule has 0 aliphatic carbocycles. The molecule has 0 aromatic heterocycles. The fraction of sp³-hybridized carbons (Fsp3) is 0.0800. The number of hydrogen-bond donors (Lipinski definition) is 2. The van der Waals surface area contributed by atoms with Gasteiger partial charge in [0.15, 0.2) is 6.61 Å². The van der Waals surface area contributed by atoms with Gasteiger partial charge in [0.05, 0.1) is 0 Å². The SMILES string of the molecule is Cc1ccc(NC(=O)/C(C#N)=C/c2ccc(OCC(=O)Nc3ccc(F)cc3)cc2)cc1. The van der Waals surface area contributed by atoms with Crippen molar-refractivity contribution in [2.75, 3.05) is 17.2 Å². The Bertz CT molecular complexity index is 1160. The third-order valence-corrected chi connectivity index (χ3v) is 4.36. The quantitative estimate of drug-likeness (QED) is 0.421. The first-order valence-electron chi connectivity index (χ1n) is 9.71. The summed E-state index contributed by atoms with van der Waals surface area (Å²) in [7, 11) is 0. The zero-order valence-corrected chi connectivity index (χ0v) is 17.3. The number of nitrogens with zero attached hydrogens (tertiary/aromatic N) is 1. The van der Waals surface area contributed by atoms with Gasteiger partial charge in [-0.25, -0.2) is 4.39 Å². The molecule has 3 rings (SSSR count). The van der Waals surface area contributed by atoms with Crippen molar-refractivity contribution in [3.05, 3.63) is 95.3 Å². The van der Waals surface area contributed by atoms with E-state index in [1.807, 2.05) is 25.1 Å². The van der Waals surface area contributed by atoms with Gasteiger partial charge in [-0.15, -0.1) is 0 Å². The highest BCUT2D eigenvalue weighted by Gasteiger charge is 2.10. The van der Waals surface area contributed by atoms with Gasteiger partial charge in [0.25, 0.3) is 11.8 Å². The van der Waals surface area contributed by atoms with Crippen LogP contribution < -0.4 is 15.4 Å². The van der Waals surface area contributed by atoms with Gasteiger partial charge >= 0.3 is 0 Å². The number of benzene rings is 3. The number of carbonyl (C=O) groups is 2. The Morgan fingerprint density at radius 2 is 1.53 bits per heavy atom. The van der Waals surface area contributed by atoms with E-state index in [0.717, 1.165) is 5.56 Å². The van der Waals surface area contributed by atoms with E-state index in [2.05, 4.69) is 10.6 Å². The van der Waals surface area contributed by atoms with Gasteiger partial charge < -0.3 is 15.4 Å². The Morgan fingerprint density at radius 1 is 0.938 bits per heavy atom. The van der Waals surface area contributed by atoms with Gasteiger partial charge in [-0.1, -0.05) is 29.8 Å². The van der Waals surface area contributed by atoms with Crippen molar-refractivity contribution in [2.45, 2.75) is 6.92 Å². The first-order chi connectivity index (χ1) is 15.4. The van der Waals surface area contributed by atoms with Crippen molar-refractivity contribution in [1.29, 1.82) is 5.26 Å². The molecule has 0 saturated heterocycles. The molecular weight excluding hydrogens is 409 g/mol. The molecule has 3 aromatic rings. The summed E-state index contributed by atoms with van der Waals surface area (Å²) in [5.74, 6) is -0.839. The first-order valence-corrected chi connectivity index (χ1v) is 9.71. The second-order valence-corrected chi connectivity index (χ2v) is 6.90. The van der Waals surface area contributed by atoms with Crippen LogP contribution >= 0.6 is 0 Å². The fourth-order valence-corrected chi connectivity index (χ4v) is 2.69. The summed E-state index contributed by atoms with van der Waals surface area (Å²) in [6.45, 7) is 1.71. The average Bonchev–Trinajstić information content (AvgIpc) is 2.80. The molecule has 2 N–H and O–H groups in total. The van der Waals surface area contributed by atoms with E-state index in [0.29, 0.717) is 22.7 Å². The Morgan fingerprint density at radius 3 is 2.16 bits per heavy atom. The highest BCUT2D eigenvalue weighted by Crippen LogP contribution is 2.16. The van der Waals surface area contributed by atoms with E-state index >= 15 is 0 Å². The summed E-state index contributed by atoms with van der Waals surface area (Å²) < 4.78 is 18.3. The summed E-state index contributed by atoms with van der Waals surface area (Å²) >= 11 is 0. The monoisotopic (exact) mass is 429 g/mol. The number of nitriles is 1. The van der Waals surface area contributed by atoms with Crippen molar-refractivity contribution in [3.63, 3.8) is 0 Å².